The highest BCUT2D eigenvalue weighted by molar-refractivity contribution is 5.71. The van der Waals surface area contributed by atoms with Gasteiger partial charge in [0.2, 0.25) is 0 Å². The van der Waals surface area contributed by atoms with Crippen molar-refractivity contribution in [2.24, 2.45) is 0 Å². The Balaban J connectivity index is 2.39. The third-order valence-corrected chi connectivity index (χ3v) is 4.72. The Bertz CT molecular complexity index is 907. The number of aromatic amines is 1. The molecular weight excluding hydrogens is 424 g/mol. The molecule has 1 aliphatic heterocycles. The van der Waals surface area contributed by atoms with Crippen LogP contribution in [0.25, 0.3) is 0 Å². The number of ether oxygens (including phenoxy) is 4. The van der Waals surface area contributed by atoms with E-state index >= 15 is 0 Å². The topological polar surface area (TPSA) is 143 Å². The van der Waals surface area contributed by atoms with E-state index in [4.69, 9.17) is 18.9 Å². The van der Waals surface area contributed by atoms with Gasteiger partial charge in [-0.1, -0.05) is 20.8 Å². The molecule has 0 saturated carbocycles. The lowest BCUT2D eigenvalue weighted by Crippen LogP contribution is -2.43. The van der Waals surface area contributed by atoms with Gasteiger partial charge in [0.15, 0.2) is 18.4 Å². The summed E-state index contributed by atoms with van der Waals surface area (Å²) in [5.41, 5.74) is -1.40. The average Bonchev–Trinajstić information content (AvgIpc) is 3.04. The van der Waals surface area contributed by atoms with Crippen LogP contribution in [0.5, 0.6) is 0 Å². The molecule has 2 rings (SSSR count). The maximum Gasteiger partial charge on any atom is 0.330 e. The Labute approximate surface area is 185 Å². The highest BCUT2D eigenvalue weighted by atomic mass is 16.7. The number of nitrogens with one attached hydrogen (secondary N) is 1. The molecule has 1 aromatic rings. The van der Waals surface area contributed by atoms with Crippen molar-refractivity contribution in [2.75, 3.05) is 6.61 Å². The van der Waals surface area contributed by atoms with E-state index < -0.39 is 53.7 Å². The molecule has 0 radical (unpaired) electrons. The van der Waals surface area contributed by atoms with E-state index in [1.165, 1.54) is 6.20 Å². The Morgan fingerprint density at radius 3 is 2.06 bits per heavy atom. The second kappa shape index (κ2) is 12.2. The molecule has 1 fully saturated rings. The zero-order chi connectivity index (χ0) is 23.7. The molecule has 4 atom stereocenters. The summed E-state index contributed by atoms with van der Waals surface area (Å²) in [5, 5.41) is 0. The molecule has 0 spiro atoms. The fourth-order valence-corrected chi connectivity index (χ4v) is 3.24. The van der Waals surface area contributed by atoms with Crippen molar-refractivity contribution in [3.63, 3.8) is 0 Å². The van der Waals surface area contributed by atoms with Crippen LogP contribution in [0.4, 0.5) is 0 Å². The Morgan fingerprint density at radius 1 is 0.938 bits per heavy atom. The van der Waals surface area contributed by atoms with Crippen LogP contribution in [0.15, 0.2) is 21.9 Å². The largest absolute Gasteiger partial charge is 0.463 e. The Kier molecular flexibility index (Phi) is 9.63. The van der Waals surface area contributed by atoms with Crippen molar-refractivity contribution >= 4 is 17.9 Å². The molecule has 0 amide bonds. The lowest BCUT2D eigenvalue weighted by Gasteiger charge is -2.24. The van der Waals surface area contributed by atoms with Gasteiger partial charge in [-0.3, -0.25) is 28.7 Å². The lowest BCUT2D eigenvalue weighted by molar-refractivity contribution is -0.169. The number of hydrogen-bond acceptors (Lipinski definition) is 9. The number of nitrogens with zero attached hydrogens (tertiary/aromatic N) is 1. The molecule has 1 saturated heterocycles. The molecule has 2 heterocycles. The van der Waals surface area contributed by atoms with Gasteiger partial charge >= 0.3 is 23.6 Å². The van der Waals surface area contributed by atoms with E-state index in [1.54, 1.807) is 13.8 Å². The summed E-state index contributed by atoms with van der Waals surface area (Å²) in [6.45, 7) is 5.16. The zero-order valence-electron chi connectivity index (χ0n) is 18.5. The van der Waals surface area contributed by atoms with Crippen LogP contribution in [0.1, 0.15) is 65.5 Å². The minimum absolute atomic E-state index is 0.107. The van der Waals surface area contributed by atoms with Crippen LogP contribution in [0.2, 0.25) is 0 Å². The standard InChI is InChI=1S/C21H30N2O9/c1-4-7-15(25)29-12-13-18(31-16(26)8-5-2)19(32-17(27)9-6-3)20(30-13)23-11-10-14(24)22-21(23)28/h10-11,13,18-20H,4-9,12H2,1-3H3,(H,22,24,28)/t13-,18-,19-,20-/m1/s1. The van der Waals surface area contributed by atoms with Crippen LogP contribution >= 0.6 is 0 Å². The molecule has 0 bridgehead atoms. The van der Waals surface area contributed by atoms with Crippen LogP contribution in [-0.2, 0) is 33.3 Å². The number of hydrogen-bond donors (Lipinski definition) is 1. The lowest BCUT2D eigenvalue weighted by atomic mass is 10.1. The van der Waals surface area contributed by atoms with E-state index in [0.717, 1.165) is 10.6 Å². The monoisotopic (exact) mass is 454 g/mol. The molecule has 1 aliphatic rings. The SMILES string of the molecule is CCCC(=O)OC[C@H]1O[C@@H](n2ccc(=O)[nH]c2=O)[C@H](OC(=O)CCC)[C@@H]1OC(=O)CCC. The van der Waals surface area contributed by atoms with E-state index in [2.05, 4.69) is 4.98 Å². The van der Waals surface area contributed by atoms with Crippen LogP contribution in [0.3, 0.4) is 0 Å². The maximum atomic E-state index is 12.4. The van der Waals surface area contributed by atoms with E-state index in [0.29, 0.717) is 19.3 Å². The van der Waals surface area contributed by atoms with E-state index in [1.807, 2.05) is 6.92 Å². The average molecular weight is 454 g/mol. The summed E-state index contributed by atoms with van der Waals surface area (Å²) in [6, 6.07) is 1.11. The summed E-state index contributed by atoms with van der Waals surface area (Å²) >= 11 is 0. The van der Waals surface area contributed by atoms with Crippen LogP contribution in [0, 0.1) is 0 Å². The first-order valence-corrected chi connectivity index (χ1v) is 10.8. The quantitative estimate of drug-likeness (QED) is 0.385. The van der Waals surface area contributed by atoms with Crippen molar-refractivity contribution in [3.8, 4) is 0 Å². The molecule has 0 unspecified atom stereocenters. The van der Waals surface area contributed by atoms with Gasteiger partial charge in [0.25, 0.3) is 5.56 Å². The molecule has 1 N–H and O–H groups in total. The van der Waals surface area contributed by atoms with Gasteiger partial charge in [-0.25, -0.2) is 4.79 Å². The number of aromatic nitrogens is 2. The molecular formula is C21H30N2O9. The van der Waals surface area contributed by atoms with Gasteiger partial charge in [0, 0.05) is 31.5 Å². The number of esters is 3. The summed E-state index contributed by atoms with van der Waals surface area (Å²) < 4.78 is 23.3. The zero-order valence-corrected chi connectivity index (χ0v) is 18.5. The van der Waals surface area contributed by atoms with E-state index in [-0.39, 0.29) is 25.9 Å². The van der Waals surface area contributed by atoms with Gasteiger partial charge in [-0.05, 0) is 19.3 Å². The van der Waals surface area contributed by atoms with Crippen molar-refractivity contribution in [1.82, 2.24) is 9.55 Å². The predicted octanol–water partition coefficient (Wildman–Crippen LogP) is 1.20. The summed E-state index contributed by atoms with van der Waals surface area (Å²) in [7, 11) is 0. The highest BCUT2D eigenvalue weighted by Crippen LogP contribution is 2.34. The Hall–Kier alpha value is -2.95. The van der Waals surface area contributed by atoms with Gasteiger partial charge in [0.05, 0.1) is 0 Å². The highest BCUT2D eigenvalue weighted by Gasteiger charge is 2.51. The number of carbonyl (C=O) groups is 3. The van der Waals surface area contributed by atoms with Crippen molar-refractivity contribution < 1.29 is 33.3 Å². The summed E-state index contributed by atoms with van der Waals surface area (Å²) in [5.74, 6) is -1.57. The molecule has 11 heteroatoms. The van der Waals surface area contributed by atoms with Gasteiger partial charge in [0.1, 0.15) is 12.7 Å². The minimum Gasteiger partial charge on any atom is -0.463 e. The number of carbonyl (C=O) groups excluding carboxylic acids is 3. The van der Waals surface area contributed by atoms with Crippen LogP contribution in [-0.4, -0.2) is 52.4 Å². The number of H-pyrrole nitrogens is 1. The first-order valence-electron chi connectivity index (χ1n) is 10.8. The van der Waals surface area contributed by atoms with Crippen molar-refractivity contribution in [2.45, 2.75) is 83.8 Å². The van der Waals surface area contributed by atoms with Crippen LogP contribution < -0.4 is 11.2 Å². The molecule has 1 aromatic heterocycles. The van der Waals surface area contributed by atoms with Gasteiger partial charge in [-0.2, -0.15) is 0 Å². The molecule has 0 aromatic carbocycles. The third kappa shape index (κ3) is 6.78. The maximum absolute atomic E-state index is 12.4. The first-order chi connectivity index (χ1) is 15.3. The normalized spacial score (nSPS) is 22.3. The Morgan fingerprint density at radius 2 is 1.50 bits per heavy atom. The molecule has 0 aliphatic carbocycles. The second-order valence-corrected chi connectivity index (χ2v) is 7.42. The number of rotatable bonds is 11. The fourth-order valence-electron chi connectivity index (χ4n) is 3.24. The fraction of sp³-hybridized carbons (Fsp3) is 0.667. The minimum atomic E-state index is -1.20. The molecule has 178 valence electrons. The van der Waals surface area contributed by atoms with Gasteiger partial charge in [-0.15, -0.1) is 0 Å². The summed E-state index contributed by atoms with van der Waals surface area (Å²) in [6.07, 6.45) is -1.22. The first kappa shape index (κ1) is 25.3. The van der Waals surface area contributed by atoms with Gasteiger partial charge < -0.3 is 18.9 Å². The van der Waals surface area contributed by atoms with Crippen molar-refractivity contribution in [1.29, 1.82) is 0 Å². The predicted molar refractivity (Wildman–Crippen MR) is 111 cm³/mol. The molecule has 11 nitrogen and oxygen atoms in total. The second-order valence-electron chi connectivity index (χ2n) is 7.42. The summed E-state index contributed by atoms with van der Waals surface area (Å²) in [4.78, 5) is 62.3. The van der Waals surface area contributed by atoms with Crippen molar-refractivity contribution in [3.05, 3.63) is 33.1 Å². The van der Waals surface area contributed by atoms with E-state index in [9.17, 15) is 24.0 Å². The smallest absolute Gasteiger partial charge is 0.330 e. The third-order valence-electron chi connectivity index (χ3n) is 4.72. The molecule has 32 heavy (non-hydrogen) atoms.